The summed E-state index contributed by atoms with van der Waals surface area (Å²) in [6.07, 6.45) is 9.36. The van der Waals surface area contributed by atoms with E-state index in [4.69, 9.17) is 0 Å². The molecule has 0 bridgehead atoms. The number of hydrogen-bond donors (Lipinski definition) is 2. The van der Waals surface area contributed by atoms with Gasteiger partial charge in [0, 0.05) is 19.2 Å². The van der Waals surface area contributed by atoms with Gasteiger partial charge in [0.1, 0.15) is 23.7 Å². The number of amides is 1. The zero-order chi connectivity index (χ0) is 18.2. The highest BCUT2D eigenvalue weighted by Crippen LogP contribution is 2.19. The van der Waals surface area contributed by atoms with Gasteiger partial charge in [-0.1, -0.05) is 23.8 Å². The molecule has 136 valence electrons. The van der Waals surface area contributed by atoms with Gasteiger partial charge in [-0.05, 0) is 49.8 Å². The summed E-state index contributed by atoms with van der Waals surface area (Å²) in [4.78, 5) is 20.4. The SMILES string of the molecule is O=C(NCCC1=CCCCC1)c1cc(NCc2ccc(F)cc2)ncn1. The predicted molar refractivity (Wildman–Crippen MR) is 99.3 cm³/mol. The highest BCUT2D eigenvalue weighted by atomic mass is 19.1. The van der Waals surface area contributed by atoms with Crippen LogP contribution in [0.4, 0.5) is 10.2 Å². The van der Waals surface area contributed by atoms with E-state index in [2.05, 4.69) is 26.7 Å². The van der Waals surface area contributed by atoms with Crippen LogP contribution in [0.2, 0.25) is 0 Å². The molecule has 0 saturated carbocycles. The molecule has 1 heterocycles. The van der Waals surface area contributed by atoms with Crippen molar-refractivity contribution in [1.29, 1.82) is 0 Å². The first-order valence-electron chi connectivity index (χ1n) is 8.97. The third-order valence-corrected chi connectivity index (χ3v) is 4.40. The average molecular weight is 354 g/mol. The molecule has 2 N–H and O–H groups in total. The van der Waals surface area contributed by atoms with Gasteiger partial charge < -0.3 is 10.6 Å². The van der Waals surface area contributed by atoms with Crippen molar-refractivity contribution in [2.45, 2.75) is 38.6 Å². The van der Waals surface area contributed by atoms with Crippen LogP contribution in [0.5, 0.6) is 0 Å². The first-order chi connectivity index (χ1) is 12.7. The number of carbonyl (C=O) groups is 1. The van der Waals surface area contributed by atoms with Gasteiger partial charge in [0.05, 0.1) is 0 Å². The monoisotopic (exact) mass is 354 g/mol. The van der Waals surface area contributed by atoms with Crippen LogP contribution in [-0.2, 0) is 6.54 Å². The quantitative estimate of drug-likeness (QED) is 0.741. The molecule has 1 aromatic heterocycles. The summed E-state index contributed by atoms with van der Waals surface area (Å²) in [5.41, 5.74) is 2.69. The standard InChI is InChI=1S/C20H23FN4O/c21-17-8-6-16(7-9-17)13-23-19-12-18(24-14-25-19)20(26)22-11-10-15-4-2-1-3-5-15/h4,6-9,12,14H,1-3,5,10-11,13H2,(H,22,26)(H,23,24,25). The third kappa shape index (κ3) is 5.37. The van der Waals surface area contributed by atoms with E-state index in [0.29, 0.717) is 24.6 Å². The third-order valence-electron chi connectivity index (χ3n) is 4.40. The molecule has 2 aromatic rings. The molecule has 0 unspecified atom stereocenters. The van der Waals surface area contributed by atoms with Crippen LogP contribution in [0.25, 0.3) is 0 Å². The van der Waals surface area contributed by atoms with Crippen molar-refractivity contribution >= 4 is 11.7 Å². The lowest BCUT2D eigenvalue weighted by Crippen LogP contribution is -2.26. The van der Waals surface area contributed by atoms with Crippen molar-refractivity contribution in [1.82, 2.24) is 15.3 Å². The second-order valence-electron chi connectivity index (χ2n) is 6.38. The van der Waals surface area contributed by atoms with Gasteiger partial charge in [0.2, 0.25) is 0 Å². The topological polar surface area (TPSA) is 66.9 Å². The van der Waals surface area contributed by atoms with Crippen LogP contribution in [0.1, 0.15) is 48.2 Å². The molecule has 0 spiro atoms. The molecule has 3 rings (SSSR count). The van der Waals surface area contributed by atoms with Gasteiger partial charge in [-0.3, -0.25) is 4.79 Å². The summed E-state index contributed by atoms with van der Waals surface area (Å²) in [7, 11) is 0. The average Bonchev–Trinajstić information content (AvgIpc) is 2.68. The summed E-state index contributed by atoms with van der Waals surface area (Å²) >= 11 is 0. The van der Waals surface area contributed by atoms with E-state index < -0.39 is 0 Å². The molecular weight excluding hydrogens is 331 g/mol. The Hall–Kier alpha value is -2.76. The lowest BCUT2D eigenvalue weighted by molar-refractivity contribution is 0.0949. The summed E-state index contributed by atoms with van der Waals surface area (Å²) in [5.74, 6) is 0.0943. The molecule has 0 atom stereocenters. The number of hydrogen-bond acceptors (Lipinski definition) is 4. The maximum Gasteiger partial charge on any atom is 0.270 e. The Balaban J connectivity index is 1.50. The molecule has 1 aliphatic carbocycles. The van der Waals surface area contributed by atoms with Gasteiger partial charge in [-0.2, -0.15) is 0 Å². The normalized spacial score (nSPS) is 13.8. The summed E-state index contributed by atoms with van der Waals surface area (Å²) in [6.45, 7) is 1.11. The molecule has 5 nitrogen and oxygen atoms in total. The number of benzene rings is 1. The Morgan fingerprint density at radius 3 is 2.77 bits per heavy atom. The molecule has 1 aliphatic rings. The highest BCUT2D eigenvalue weighted by Gasteiger charge is 2.09. The second-order valence-corrected chi connectivity index (χ2v) is 6.38. The molecule has 26 heavy (non-hydrogen) atoms. The summed E-state index contributed by atoms with van der Waals surface area (Å²) in [6, 6.07) is 7.86. The van der Waals surface area contributed by atoms with Crippen molar-refractivity contribution in [3.8, 4) is 0 Å². The first kappa shape index (κ1) is 18.0. The minimum absolute atomic E-state index is 0.200. The molecule has 0 fully saturated rings. The van der Waals surface area contributed by atoms with Crippen LogP contribution in [0, 0.1) is 5.82 Å². The largest absolute Gasteiger partial charge is 0.366 e. The molecule has 0 aliphatic heterocycles. The maximum atomic E-state index is 12.9. The van der Waals surface area contributed by atoms with Crippen molar-refractivity contribution in [3.63, 3.8) is 0 Å². The van der Waals surface area contributed by atoms with Crippen molar-refractivity contribution in [2.24, 2.45) is 0 Å². The zero-order valence-corrected chi connectivity index (χ0v) is 14.7. The summed E-state index contributed by atoms with van der Waals surface area (Å²) < 4.78 is 12.9. The van der Waals surface area contributed by atoms with Gasteiger partial charge in [0.25, 0.3) is 5.91 Å². The lowest BCUT2D eigenvalue weighted by Gasteiger charge is -2.13. The lowest BCUT2D eigenvalue weighted by atomic mass is 9.97. The van der Waals surface area contributed by atoms with Crippen LogP contribution < -0.4 is 10.6 Å². The van der Waals surface area contributed by atoms with Crippen LogP contribution in [-0.4, -0.2) is 22.4 Å². The van der Waals surface area contributed by atoms with Crippen molar-refractivity contribution < 1.29 is 9.18 Å². The zero-order valence-electron chi connectivity index (χ0n) is 14.7. The molecule has 6 heteroatoms. The Morgan fingerprint density at radius 2 is 2.00 bits per heavy atom. The fourth-order valence-electron chi connectivity index (χ4n) is 2.93. The van der Waals surface area contributed by atoms with E-state index in [1.807, 2.05) is 0 Å². The number of carbonyl (C=O) groups excluding carboxylic acids is 1. The predicted octanol–water partition coefficient (Wildman–Crippen LogP) is 3.85. The van der Waals surface area contributed by atoms with Crippen LogP contribution in [0.3, 0.4) is 0 Å². The van der Waals surface area contributed by atoms with Gasteiger partial charge >= 0.3 is 0 Å². The van der Waals surface area contributed by atoms with E-state index in [9.17, 15) is 9.18 Å². The number of aromatic nitrogens is 2. The first-order valence-corrected chi connectivity index (χ1v) is 8.97. The fourth-order valence-corrected chi connectivity index (χ4v) is 2.93. The minimum atomic E-state index is -0.265. The number of allylic oxidation sites excluding steroid dienone is 1. The Morgan fingerprint density at radius 1 is 1.15 bits per heavy atom. The van der Waals surface area contributed by atoms with Gasteiger partial charge in [0.15, 0.2) is 0 Å². The summed E-state index contributed by atoms with van der Waals surface area (Å²) in [5, 5.41) is 6.03. The number of nitrogens with zero attached hydrogens (tertiary/aromatic N) is 2. The molecule has 0 radical (unpaired) electrons. The van der Waals surface area contributed by atoms with Crippen LogP contribution >= 0.6 is 0 Å². The Kier molecular flexibility index (Phi) is 6.30. The van der Waals surface area contributed by atoms with E-state index >= 15 is 0 Å². The molecular formula is C20H23FN4O. The van der Waals surface area contributed by atoms with E-state index in [0.717, 1.165) is 24.8 Å². The molecule has 0 saturated heterocycles. The number of halogens is 1. The van der Waals surface area contributed by atoms with Crippen molar-refractivity contribution in [2.75, 3.05) is 11.9 Å². The maximum absolute atomic E-state index is 12.9. The van der Waals surface area contributed by atoms with E-state index in [-0.39, 0.29) is 11.7 Å². The van der Waals surface area contributed by atoms with Crippen LogP contribution in [0.15, 0.2) is 48.3 Å². The second kappa shape index (κ2) is 9.08. The number of anilines is 1. The van der Waals surface area contributed by atoms with E-state index in [1.54, 1.807) is 18.2 Å². The number of nitrogens with one attached hydrogen (secondary N) is 2. The number of rotatable bonds is 7. The van der Waals surface area contributed by atoms with Crippen molar-refractivity contribution in [3.05, 3.63) is 65.4 Å². The van der Waals surface area contributed by atoms with E-state index in [1.165, 1.54) is 36.9 Å². The Labute approximate surface area is 152 Å². The van der Waals surface area contributed by atoms with Gasteiger partial charge in [-0.25, -0.2) is 14.4 Å². The van der Waals surface area contributed by atoms with Gasteiger partial charge in [-0.15, -0.1) is 0 Å². The molecule has 1 aromatic carbocycles. The Bertz CT molecular complexity index is 774. The smallest absolute Gasteiger partial charge is 0.270 e. The highest BCUT2D eigenvalue weighted by molar-refractivity contribution is 5.92. The molecule has 1 amide bonds. The fraction of sp³-hybridized carbons (Fsp3) is 0.350. The minimum Gasteiger partial charge on any atom is -0.366 e.